The Hall–Kier alpha value is -1.82. The zero-order chi connectivity index (χ0) is 14.3. The lowest BCUT2D eigenvalue weighted by atomic mass is 10.3. The minimum Gasteiger partial charge on any atom is -0.361 e. The Morgan fingerprint density at radius 1 is 1.35 bits per heavy atom. The fraction of sp³-hybridized carbons (Fsp3) is 0.462. The Kier molecular flexibility index (Phi) is 3.25. The van der Waals surface area contributed by atoms with E-state index in [-0.39, 0.29) is 0 Å². The van der Waals surface area contributed by atoms with Crippen LogP contribution in [0, 0.1) is 13.8 Å². The zero-order valence-corrected chi connectivity index (χ0v) is 12.5. The number of aromatic nitrogens is 5. The molecule has 0 aliphatic heterocycles. The molecule has 3 rings (SSSR count). The predicted octanol–water partition coefficient (Wildman–Crippen LogP) is 2.20. The Bertz CT molecular complexity index is 754. The average molecular weight is 294 g/mol. The van der Waals surface area contributed by atoms with Crippen LogP contribution >= 0.6 is 11.6 Å². The lowest BCUT2D eigenvalue weighted by molar-refractivity contribution is 0.389. The molecule has 0 radical (unpaired) electrons. The molecule has 0 N–H and O–H groups in total. The van der Waals surface area contributed by atoms with Crippen LogP contribution in [0.4, 0.5) is 0 Å². The standard InChI is InChI=1S/C13H16ClN5O/c1-8-6-10(17-20-8)7-19-11(4-5-14)15-12-9(2)16-18(3)13(12)19/h6H,4-5,7H2,1-3H3. The highest BCUT2D eigenvalue weighted by Crippen LogP contribution is 2.21. The second-order valence-corrected chi connectivity index (χ2v) is 5.24. The summed E-state index contributed by atoms with van der Waals surface area (Å²) in [5.74, 6) is 2.29. The SMILES string of the molecule is Cc1cc(Cn2c(CCCl)nc3c(C)nn(C)c32)no1. The molecular weight excluding hydrogens is 278 g/mol. The second-order valence-electron chi connectivity index (χ2n) is 4.86. The number of alkyl halides is 1. The Labute approximate surface area is 121 Å². The molecule has 0 unspecified atom stereocenters. The number of rotatable bonds is 4. The summed E-state index contributed by atoms with van der Waals surface area (Å²) in [4.78, 5) is 4.66. The molecule has 6 nitrogen and oxygen atoms in total. The van der Waals surface area contributed by atoms with Gasteiger partial charge in [0, 0.05) is 25.4 Å². The van der Waals surface area contributed by atoms with Gasteiger partial charge in [0.05, 0.1) is 12.2 Å². The van der Waals surface area contributed by atoms with E-state index in [0.717, 1.165) is 34.1 Å². The van der Waals surface area contributed by atoms with Crippen molar-refractivity contribution in [2.24, 2.45) is 7.05 Å². The molecule has 106 valence electrons. The lowest BCUT2D eigenvalue weighted by Crippen LogP contribution is -2.09. The van der Waals surface area contributed by atoms with Crippen LogP contribution in [0.3, 0.4) is 0 Å². The molecule has 0 saturated carbocycles. The zero-order valence-electron chi connectivity index (χ0n) is 11.7. The minimum absolute atomic E-state index is 0.535. The van der Waals surface area contributed by atoms with Crippen molar-refractivity contribution < 1.29 is 4.52 Å². The van der Waals surface area contributed by atoms with E-state index in [4.69, 9.17) is 16.1 Å². The number of imidazole rings is 1. The van der Waals surface area contributed by atoms with E-state index in [2.05, 4.69) is 19.8 Å². The number of nitrogens with zero attached hydrogens (tertiary/aromatic N) is 5. The Balaban J connectivity index is 2.12. The molecule has 3 heterocycles. The summed E-state index contributed by atoms with van der Waals surface area (Å²) in [6, 6.07) is 1.93. The molecule has 7 heteroatoms. The van der Waals surface area contributed by atoms with Crippen molar-refractivity contribution in [1.82, 2.24) is 24.5 Å². The fourth-order valence-corrected chi connectivity index (χ4v) is 2.64. The van der Waals surface area contributed by atoms with Gasteiger partial charge in [-0.3, -0.25) is 4.68 Å². The van der Waals surface area contributed by atoms with Crippen molar-refractivity contribution >= 4 is 22.8 Å². The maximum absolute atomic E-state index is 5.88. The quantitative estimate of drug-likeness (QED) is 0.692. The topological polar surface area (TPSA) is 61.7 Å². The van der Waals surface area contributed by atoms with Gasteiger partial charge >= 0.3 is 0 Å². The first-order valence-corrected chi connectivity index (χ1v) is 7.00. The fourth-order valence-electron chi connectivity index (χ4n) is 2.48. The van der Waals surface area contributed by atoms with Gasteiger partial charge in [0.15, 0.2) is 5.65 Å². The molecule has 0 atom stereocenters. The van der Waals surface area contributed by atoms with Gasteiger partial charge in [0.2, 0.25) is 0 Å². The van der Waals surface area contributed by atoms with Gasteiger partial charge in [0.1, 0.15) is 22.8 Å². The van der Waals surface area contributed by atoms with Crippen LogP contribution in [-0.2, 0) is 20.0 Å². The van der Waals surface area contributed by atoms with Crippen LogP contribution in [-0.4, -0.2) is 30.4 Å². The van der Waals surface area contributed by atoms with Crippen molar-refractivity contribution in [2.75, 3.05) is 5.88 Å². The van der Waals surface area contributed by atoms with Gasteiger partial charge in [-0.1, -0.05) is 5.16 Å². The summed E-state index contributed by atoms with van der Waals surface area (Å²) in [6.45, 7) is 4.46. The van der Waals surface area contributed by atoms with Crippen LogP contribution < -0.4 is 0 Å². The summed E-state index contributed by atoms with van der Waals surface area (Å²) in [6.07, 6.45) is 0.715. The monoisotopic (exact) mass is 293 g/mol. The summed E-state index contributed by atoms with van der Waals surface area (Å²) >= 11 is 5.88. The van der Waals surface area contributed by atoms with Crippen molar-refractivity contribution in [3.05, 3.63) is 29.0 Å². The maximum Gasteiger partial charge on any atom is 0.159 e. The van der Waals surface area contributed by atoms with Gasteiger partial charge in [-0.05, 0) is 13.8 Å². The van der Waals surface area contributed by atoms with Crippen molar-refractivity contribution in [2.45, 2.75) is 26.8 Å². The highest BCUT2D eigenvalue weighted by molar-refractivity contribution is 6.17. The van der Waals surface area contributed by atoms with Crippen molar-refractivity contribution in [1.29, 1.82) is 0 Å². The van der Waals surface area contributed by atoms with Gasteiger partial charge in [-0.2, -0.15) is 5.10 Å². The highest BCUT2D eigenvalue weighted by atomic mass is 35.5. The van der Waals surface area contributed by atoms with Gasteiger partial charge in [0.25, 0.3) is 0 Å². The van der Waals surface area contributed by atoms with E-state index < -0.39 is 0 Å². The molecule has 0 spiro atoms. The third-order valence-electron chi connectivity index (χ3n) is 3.28. The van der Waals surface area contributed by atoms with Crippen LogP contribution in [0.25, 0.3) is 11.2 Å². The number of aryl methyl sites for hydroxylation is 4. The first-order chi connectivity index (χ1) is 9.60. The summed E-state index contributed by atoms with van der Waals surface area (Å²) in [5, 5.41) is 8.46. The predicted molar refractivity (Wildman–Crippen MR) is 76.0 cm³/mol. The van der Waals surface area contributed by atoms with Crippen LogP contribution in [0.2, 0.25) is 0 Å². The van der Waals surface area contributed by atoms with Crippen molar-refractivity contribution in [3.63, 3.8) is 0 Å². The largest absolute Gasteiger partial charge is 0.361 e. The first kappa shape index (κ1) is 13.2. The van der Waals surface area contributed by atoms with E-state index in [1.54, 1.807) is 0 Å². The number of halogens is 1. The van der Waals surface area contributed by atoms with Crippen LogP contribution in [0.5, 0.6) is 0 Å². The summed E-state index contributed by atoms with van der Waals surface area (Å²) < 4.78 is 9.08. The Morgan fingerprint density at radius 2 is 2.15 bits per heavy atom. The molecule has 0 saturated heterocycles. The third-order valence-corrected chi connectivity index (χ3v) is 3.47. The molecule has 0 fully saturated rings. The van der Waals surface area contributed by atoms with Crippen LogP contribution in [0.1, 0.15) is 23.0 Å². The van der Waals surface area contributed by atoms with Gasteiger partial charge in [-0.25, -0.2) is 4.98 Å². The minimum atomic E-state index is 0.535. The lowest BCUT2D eigenvalue weighted by Gasteiger charge is -2.06. The molecule has 0 bridgehead atoms. The highest BCUT2D eigenvalue weighted by Gasteiger charge is 2.18. The number of hydrogen-bond donors (Lipinski definition) is 0. The molecule has 0 amide bonds. The maximum atomic E-state index is 5.88. The van der Waals surface area contributed by atoms with E-state index >= 15 is 0 Å². The van der Waals surface area contributed by atoms with E-state index in [1.807, 2.05) is 31.6 Å². The van der Waals surface area contributed by atoms with Crippen LogP contribution in [0.15, 0.2) is 10.6 Å². The molecule has 0 aromatic carbocycles. The summed E-state index contributed by atoms with van der Waals surface area (Å²) in [5.41, 5.74) is 3.71. The molecule has 0 aliphatic rings. The van der Waals surface area contributed by atoms with Gasteiger partial charge < -0.3 is 9.09 Å². The molecule has 20 heavy (non-hydrogen) atoms. The third kappa shape index (κ3) is 2.10. The normalized spacial score (nSPS) is 11.6. The summed E-state index contributed by atoms with van der Waals surface area (Å²) in [7, 11) is 1.92. The van der Waals surface area contributed by atoms with Gasteiger partial charge in [-0.15, -0.1) is 11.6 Å². The molecule has 3 aromatic heterocycles. The number of hydrogen-bond acceptors (Lipinski definition) is 4. The number of fused-ring (bicyclic) bond motifs is 1. The van der Waals surface area contributed by atoms with E-state index in [0.29, 0.717) is 18.8 Å². The average Bonchev–Trinajstić information content (AvgIpc) is 3.02. The first-order valence-electron chi connectivity index (χ1n) is 6.47. The smallest absolute Gasteiger partial charge is 0.159 e. The van der Waals surface area contributed by atoms with Crippen molar-refractivity contribution in [3.8, 4) is 0 Å². The molecule has 0 aliphatic carbocycles. The second kappa shape index (κ2) is 4.94. The van der Waals surface area contributed by atoms with E-state index in [1.165, 1.54) is 0 Å². The Morgan fingerprint density at radius 3 is 2.80 bits per heavy atom. The molecular formula is C13H16ClN5O. The molecule has 3 aromatic rings. The van der Waals surface area contributed by atoms with E-state index in [9.17, 15) is 0 Å².